The third-order valence-corrected chi connectivity index (χ3v) is 4.42. The summed E-state index contributed by atoms with van der Waals surface area (Å²) in [5.74, 6) is 0.802. The first-order chi connectivity index (χ1) is 10.8. The van der Waals surface area contributed by atoms with E-state index in [0.717, 1.165) is 26.5 Å². The van der Waals surface area contributed by atoms with E-state index in [2.05, 4.69) is 12.6 Å². The van der Waals surface area contributed by atoms with Crippen molar-refractivity contribution in [3.05, 3.63) is 71.8 Å². The molecule has 0 aliphatic rings. The fraction of sp³-hybridized carbons (Fsp3) is 0.167. The Morgan fingerprint density at radius 2 is 1.95 bits per heavy atom. The van der Waals surface area contributed by atoms with Gasteiger partial charge in [0.05, 0.1) is 23.9 Å². The summed E-state index contributed by atoms with van der Waals surface area (Å²) < 4.78 is 12.6. The number of nitrogens with zero attached hydrogens (tertiary/aromatic N) is 1. The summed E-state index contributed by atoms with van der Waals surface area (Å²) >= 11 is 1.64. The van der Waals surface area contributed by atoms with Gasteiger partial charge in [0.15, 0.2) is 0 Å². The molecule has 0 spiro atoms. The molecule has 1 heterocycles. The van der Waals surface area contributed by atoms with Crippen molar-refractivity contribution in [2.75, 3.05) is 13.7 Å². The molecule has 3 aromatic rings. The van der Waals surface area contributed by atoms with E-state index in [-0.39, 0.29) is 6.10 Å². The lowest BCUT2D eigenvalue weighted by Gasteiger charge is -2.17. The van der Waals surface area contributed by atoms with Crippen LogP contribution in [-0.4, -0.2) is 18.7 Å². The molecule has 0 radical (unpaired) electrons. The predicted octanol–water partition coefficient (Wildman–Crippen LogP) is 4.60. The largest absolute Gasteiger partial charge is 0.496 e. The maximum atomic E-state index is 5.99. The number of hydrogen-bond acceptors (Lipinski definition) is 4. The average molecular weight is 311 g/mol. The van der Waals surface area contributed by atoms with E-state index in [1.54, 1.807) is 24.5 Å². The van der Waals surface area contributed by atoms with Gasteiger partial charge in [0, 0.05) is 5.56 Å². The molecule has 0 N–H and O–H groups in total. The van der Waals surface area contributed by atoms with Gasteiger partial charge in [-0.05, 0) is 18.2 Å². The van der Waals surface area contributed by atoms with Crippen LogP contribution in [0.5, 0.6) is 5.75 Å². The molecule has 4 heteroatoms. The third-order valence-electron chi connectivity index (χ3n) is 3.34. The first-order valence-corrected chi connectivity index (χ1v) is 7.86. The van der Waals surface area contributed by atoms with Crippen LogP contribution >= 0.6 is 11.3 Å². The highest BCUT2D eigenvalue weighted by atomic mass is 32.1. The van der Waals surface area contributed by atoms with Crippen LogP contribution in [0.2, 0.25) is 0 Å². The minimum absolute atomic E-state index is 0.258. The van der Waals surface area contributed by atoms with E-state index < -0.39 is 0 Å². The van der Waals surface area contributed by atoms with Crippen LogP contribution in [0.4, 0.5) is 0 Å². The SMILES string of the molecule is C=CCOC(c1nc2ccccc2s1)c1ccccc1OC. The van der Waals surface area contributed by atoms with E-state index in [1.807, 2.05) is 42.5 Å². The van der Waals surface area contributed by atoms with Gasteiger partial charge in [-0.3, -0.25) is 0 Å². The van der Waals surface area contributed by atoms with E-state index in [9.17, 15) is 0 Å². The highest BCUT2D eigenvalue weighted by Gasteiger charge is 2.22. The predicted molar refractivity (Wildman–Crippen MR) is 90.6 cm³/mol. The zero-order valence-corrected chi connectivity index (χ0v) is 13.2. The number of fused-ring (bicyclic) bond motifs is 1. The standard InChI is InChI=1S/C18H17NO2S/c1-3-12-21-17(13-8-4-6-10-15(13)20-2)18-19-14-9-5-7-11-16(14)22-18/h3-11,17H,1,12H2,2H3. The summed E-state index contributed by atoms with van der Waals surface area (Å²) in [6.07, 6.45) is 1.49. The maximum Gasteiger partial charge on any atom is 0.138 e. The van der Waals surface area contributed by atoms with Gasteiger partial charge in [0.25, 0.3) is 0 Å². The van der Waals surface area contributed by atoms with Gasteiger partial charge in [-0.15, -0.1) is 17.9 Å². The van der Waals surface area contributed by atoms with Crippen LogP contribution in [0.3, 0.4) is 0 Å². The molecule has 0 saturated carbocycles. The fourth-order valence-corrected chi connectivity index (χ4v) is 3.38. The zero-order valence-electron chi connectivity index (χ0n) is 12.4. The molecular formula is C18H17NO2S. The van der Waals surface area contributed by atoms with Crippen molar-refractivity contribution in [2.24, 2.45) is 0 Å². The Hall–Kier alpha value is -2.17. The summed E-state index contributed by atoms with van der Waals surface area (Å²) in [5.41, 5.74) is 1.97. The summed E-state index contributed by atoms with van der Waals surface area (Å²) in [6, 6.07) is 16.0. The topological polar surface area (TPSA) is 31.4 Å². The Bertz CT molecular complexity index is 748. The number of thiazole rings is 1. The number of para-hydroxylation sites is 2. The molecule has 0 amide bonds. The summed E-state index contributed by atoms with van der Waals surface area (Å²) in [5, 5.41) is 0.924. The zero-order chi connectivity index (χ0) is 15.4. The third kappa shape index (κ3) is 2.89. The molecule has 0 fully saturated rings. The van der Waals surface area contributed by atoms with Crippen molar-refractivity contribution in [2.45, 2.75) is 6.10 Å². The van der Waals surface area contributed by atoms with Gasteiger partial charge in [0.2, 0.25) is 0 Å². The first kappa shape index (κ1) is 14.8. The van der Waals surface area contributed by atoms with Crippen LogP contribution < -0.4 is 4.74 Å². The summed E-state index contributed by atoms with van der Waals surface area (Å²) in [7, 11) is 1.67. The number of aromatic nitrogens is 1. The molecule has 22 heavy (non-hydrogen) atoms. The van der Waals surface area contributed by atoms with Gasteiger partial charge in [0.1, 0.15) is 16.9 Å². The molecule has 112 valence electrons. The van der Waals surface area contributed by atoms with Crippen molar-refractivity contribution in [1.29, 1.82) is 0 Å². The Balaban J connectivity index is 2.07. The van der Waals surface area contributed by atoms with Gasteiger partial charge >= 0.3 is 0 Å². The average Bonchev–Trinajstić information content (AvgIpc) is 2.99. The Kier molecular flexibility index (Phi) is 4.51. The molecule has 1 aromatic heterocycles. The van der Waals surface area contributed by atoms with Crippen molar-refractivity contribution in [1.82, 2.24) is 4.98 Å². The van der Waals surface area contributed by atoms with E-state index >= 15 is 0 Å². The molecule has 0 bridgehead atoms. The van der Waals surface area contributed by atoms with Crippen LogP contribution in [0.25, 0.3) is 10.2 Å². The lowest BCUT2D eigenvalue weighted by atomic mass is 10.1. The van der Waals surface area contributed by atoms with E-state index in [0.29, 0.717) is 6.61 Å². The van der Waals surface area contributed by atoms with Crippen LogP contribution in [0, 0.1) is 0 Å². The van der Waals surface area contributed by atoms with Crippen LogP contribution in [0.15, 0.2) is 61.2 Å². The molecule has 2 aromatic carbocycles. The quantitative estimate of drug-likeness (QED) is 0.624. The van der Waals surface area contributed by atoms with Gasteiger partial charge < -0.3 is 9.47 Å². The lowest BCUT2D eigenvalue weighted by molar-refractivity contribution is 0.102. The van der Waals surface area contributed by atoms with E-state index in [4.69, 9.17) is 14.5 Å². The van der Waals surface area contributed by atoms with Crippen molar-refractivity contribution in [3.63, 3.8) is 0 Å². The Morgan fingerprint density at radius 3 is 2.73 bits per heavy atom. The van der Waals surface area contributed by atoms with Crippen molar-refractivity contribution in [3.8, 4) is 5.75 Å². The van der Waals surface area contributed by atoms with Crippen LogP contribution in [0.1, 0.15) is 16.7 Å². The second-order valence-electron chi connectivity index (χ2n) is 4.76. The highest BCUT2D eigenvalue weighted by Crippen LogP contribution is 2.36. The fourth-order valence-electron chi connectivity index (χ4n) is 2.34. The molecular weight excluding hydrogens is 294 g/mol. The summed E-state index contributed by atoms with van der Waals surface area (Å²) in [6.45, 7) is 4.19. The first-order valence-electron chi connectivity index (χ1n) is 7.04. The molecule has 0 aliphatic heterocycles. The number of hydrogen-bond donors (Lipinski definition) is 0. The second-order valence-corrected chi connectivity index (χ2v) is 5.83. The number of benzene rings is 2. The van der Waals surface area contributed by atoms with E-state index in [1.165, 1.54) is 0 Å². The molecule has 3 rings (SSSR count). The van der Waals surface area contributed by atoms with Gasteiger partial charge in [-0.25, -0.2) is 4.98 Å². The minimum atomic E-state index is -0.258. The van der Waals surface area contributed by atoms with Crippen molar-refractivity contribution >= 4 is 21.6 Å². The van der Waals surface area contributed by atoms with Gasteiger partial charge in [-0.2, -0.15) is 0 Å². The van der Waals surface area contributed by atoms with Gasteiger partial charge in [-0.1, -0.05) is 36.4 Å². The Morgan fingerprint density at radius 1 is 1.18 bits per heavy atom. The molecule has 1 unspecified atom stereocenters. The Labute approximate surface area is 133 Å². The number of ether oxygens (including phenoxy) is 2. The van der Waals surface area contributed by atoms with Crippen LogP contribution in [-0.2, 0) is 4.74 Å². The number of rotatable bonds is 6. The molecule has 0 aliphatic carbocycles. The lowest BCUT2D eigenvalue weighted by Crippen LogP contribution is -2.07. The summed E-state index contributed by atoms with van der Waals surface area (Å²) in [4.78, 5) is 4.72. The maximum absolute atomic E-state index is 5.99. The highest BCUT2D eigenvalue weighted by molar-refractivity contribution is 7.18. The normalized spacial score (nSPS) is 12.2. The smallest absolute Gasteiger partial charge is 0.138 e. The minimum Gasteiger partial charge on any atom is -0.496 e. The molecule has 0 saturated heterocycles. The molecule has 1 atom stereocenters. The second kappa shape index (κ2) is 6.73. The number of methoxy groups -OCH3 is 1. The monoisotopic (exact) mass is 311 g/mol. The molecule has 3 nitrogen and oxygen atoms in total. The van der Waals surface area contributed by atoms with Crippen molar-refractivity contribution < 1.29 is 9.47 Å².